The topological polar surface area (TPSA) is 74.6 Å². The molecule has 3 rings (SSSR count). The number of likely N-dealkylation sites (N-methyl/N-ethyl adjacent to an activating group) is 1. The Balaban J connectivity index is 1.89. The molecule has 0 radical (unpaired) electrons. The van der Waals surface area contributed by atoms with E-state index in [1.165, 1.54) is 4.31 Å². The van der Waals surface area contributed by atoms with E-state index < -0.39 is 10.2 Å². The molecule has 0 N–H and O–H groups in total. The maximum absolute atomic E-state index is 12.4. The predicted octanol–water partition coefficient (Wildman–Crippen LogP) is 0.589. The molecule has 1 saturated heterocycles. The van der Waals surface area contributed by atoms with E-state index >= 15 is 0 Å². The molecule has 25 heavy (non-hydrogen) atoms. The maximum atomic E-state index is 12.4. The second-order valence-corrected chi connectivity index (χ2v) is 9.06. The second kappa shape index (κ2) is 6.99. The molecule has 0 unspecified atom stereocenters. The molecule has 1 atom stereocenters. The van der Waals surface area contributed by atoms with Gasteiger partial charge in [-0.2, -0.15) is 22.1 Å². The van der Waals surface area contributed by atoms with Gasteiger partial charge in [0.2, 0.25) is 0 Å². The van der Waals surface area contributed by atoms with Gasteiger partial charge < -0.3 is 4.90 Å². The maximum Gasteiger partial charge on any atom is 0.281 e. The highest BCUT2D eigenvalue weighted by Gasteiger charge is 2.35. The van der Waals surface area contributed by atoms with E-state index in [0.717, 1.165) is 36.2 Å². The quantitative estimate of drug-likeness (QED) is 0.748. The lowest BCUT2D eigenvalue weighted by Crippen LogP contribution is -2.38. The molecule has 1 aliphatic rings. The molecule has 0 saturated carbocycles. The lowest BCUT2D eigenvalue weighted by molar-refractivity contribution is 0.374. The van der Waals surface area contributed by atoms with Gasteiger partial charge in [-0.25, -0.2) is 9.67 Å². The van der Waals surface area contributed by atoms with Crippen LogP contribution in [0.25, 0.3) is 11.0 Å². The van der Waals surface area contributed by atoms with Crippen LogP contribution in [0.4, 0.5) is 0 Å². The molecule has 2 aromatic heterocycles. The molecule has 3 heterocycles. The van der Waals surface area contributed by atoms with Crippen LogP contribution in [0.2, 0.25) is 0 Å². The molecule has 1 fully saturated rings. The highest BCUT2D eigenvalue weighted by Crippen LogP contribution is 2.32. The monoisotopic (exact) mass is 366 g/mol. The van der Waals surface area contributed by atoms with Crippen LogP contribution < -0.4 is 0 Å². The van der Waals surface area contributed by atoms with E-state index in [1.54, 1.807) is 24.6 Å². The van der Waals surface area contributed by atoms with E-state index in [-0.39, 0.29) is 5.92 Å². The molecule has 0 spiro atoms. The fraction of sp³-hybridized carbons (Fsp3) is 0.625. The molecule has 2 aromatic rings. The summed E-state index contributed by atoms with van der Waals surface area (Å²) in [7, 11) is 3.82. The number of rotatable bonds is 6. The van der Waals surface area contributed by atoms with Gasteiger partial charge in [-0.3, -0.25) is 0 Å². The standard InChI is InChI=1S/C16H26N6O2S/c1-19(2)10-11-22-16-14(6-5-8-17-16)15(18-22)13-7-9-21(12-13)25(23,24)20(3)4/h5-6,8,13H,7,9-12H2,1-4H3/t13-/m0/s1. The van der Waals surface area contributed by atoms with Crippen LogP contribution in [-0.2, 0) is 16.8 Å². The summed E-state index contributed by atoms with van der Waals surface area (Å²) in [4.78, 5) is 6.60. The number of fused-ring (bicyclic) bond motifs is 1. The summed E-state index contributed by atoms with van der Waals surface area (Å²) in [5.74, 6) is 0.0991. The Bertz CT molecular complexity index is 845. The normalized spacial score (nSPS) is 19.5. The molecular weight excluding hydrogens is 340 g/mol. The summed E-state index contributed by atoms with van der Waals surface area (Å²) in [5.41, 5.74) is 1.83. The van der Waals surface area contributed by atoms with Gasteiger partial charge in [0.05, 0.1) is 12.2 Å². The fourth-order valence-electron chi connectivity index (χ4n) is 3.18. The molecule has 1 aliphatic heterocycles. The minimum Gasteiger partial charge on any atom is -0.308 e. The van der Waals surface area contributed by atoms with Gasteiger partial charge in [-0.1, -0.05) is 0 Å². The zero-order chi connectivity index (χ0) is 18.2. The molecule has 8 nitrogen and oxygen atoms in total. The summed E-state index contributed by atoms with van der Waals surface area (Å²) in [6.07, 6.45) is 2.55. The largest absolute Gasteiger partial charge is 0.308 e. The van der Waals surface area contributed by atoms with Gasteiger partial charge in [-0.05, 0) is 32.6 Å². The van der Waals surface area contributed by atoms with Crippen molar-refractivity contribution < 1.29 is 8.42 Å². The molecule has 9 heteroatoms. The van der Waals surface area contributed by atoms with Crippen LogP contribution in [0.3, 0.4) is 0 Å². The first-order valence-electron chi connectivity index (χ1n) is 8.44. The van der Waals surface area contributed by atoms with Crippen molar-refractivity contribution in [2.24, 2.45) is 0 Å². The third-order valence-corrected chi connectivity index (χ3v) is 6.53. The van der Waals surface area contributed by atoms with Crippen LogP contribution in [0.1, 0.15) is 18.0 Å². The number of aromatic nitrogens is 3. The van der Waals surface area contributed by atoms with Crippen molar-refractivity contribution in [3.05, 3.63) is 24.0 Å². The van der Waals surface area contributed by atoms with Crippen LogP contribution in [0.5, 0.6) is 0 Å². The van der Waals surface area contributed by atoms with Gasteiger partial charge in [0.15, 0.2) is 5.65 Å². The zero-order valence-corrected chi connectivity index (χ0v) is 16.1. The fourth-order valence-corrected chi connectivity index (χ4v) is 4.34. The first kappa shape index (κ1) is 18.2. The minimum absolute atomic E-state index is 0.0991. The van der Waals surface area contributed by atoms with Crippen molar-refractivity contribution >= 4 is 21.2 Å². The van der Waals surface area contributed by atoms with E-state index in [1.807, 2.05) is 30.9 Å². The first-order chi connectivity index (χ1) is 11.8. The van der Waals surface area contributed by atoms with Crippen molar-refractivity contribution in [3.8, 4) is 0 Å². The summed E-state index contributed by atoms with van der Waals surface area (Å²) < 4.78 is 29.5. The van der Waals surface area contributed by atoms with E-state index in [2.05, 4.69) is 9.88 Å². The first-order valence-corrected chi connectivity index (χ1v) is 9.84. The van der Waals surface area contributed by atoms with Crippen LogP contribution in [-0.4, -0.2) is 84.5 Å². The predicted molar refractivity (Wildman–Crippen MR) is 97.6 cm³/mol. The summed E-state index contributed by atoms with van der Waals surface area (Å²) >= 11 is 0. The SMILES string of the molecule is CN(C)CCn1nc([C@H]2CCN(S(=O)(=O)N(C)C)C2)c2cccnc21. The van der Waals surface area contributed by atoms with E-state index in [0.29, 0.717) is 13.1 Å². The van der Waals surface area contributed by atoms with Crippen molar-refractivity contribution in [3.63, 3.8) is 0 Å². The Labute approximate surface area is 149 Å². The smallest absolute Gasteiger partial charge is 0.281 e. The minimum atomic E-state index is -3.38. The van der Waals surface area contributed by atoms with Crippen LogP contribution in [0.15, 0.2) is 18.3 Å². The Kier molecular flexibility index (Phi) is 5.10. The summed E-state index contributed by atoms with van der Waals surface area (Å²) in [6, 6.07) is 3.94. The lowest BCUT2D eigenvalue weighted by atomic mass is 10.0. The van der Waals surface area contributed by atoms with Gasteiger partial charge in [0.1, 0.15) is 0 Å². The highest BCUT2D eigenvalue weighted by atomic mass is 32.2. The van der Waals surface area contributed by atoms with Gasteiger partial charge in [0.25, 0.3) is 10.2 Å². The van der Waals surface area contributed by atoms with Crippen LogP contribution in [0, 0.1) is 0 Å². The van der Waals surface area contributed by atoms with E-state index in [4.69, 9.17) is 5.10 Å². The highest BCUT2D eigenvalue weighted by molar-refractivity contribution is 7.86. The van der Waals surface area contributed by atoms with Crippen molar-refractivity contribution in [1.82, 2.24) is 28.3 Å². The van der Waals surface area contributed by atoms with Crippen molar-refractivity contribution in [2.75, 3.05) is 47.8 Å². The number of nitrogens with zero attached hydrogens (tertiary/aromatic N) is 6. The second-order valence-electron chi connectivity index (χ2n) is 6.92. The summed E-state index contributed by atoms with van der Waals surface area (Å²) in [6.45, 7) is 2.62. The Morgan fingerprint density at radius 1 is 1.28 bits per heavy atom. The average Bonchev–Trinajstić information content (AvgIpc) is 3.18. The van der Waals surface area contributed by atoms with Crippen molar-refractivity contribution in [1.29, 1.82) is 0 Å². The third kappa shape index (κ3) is 3.55. The number of hydrogen-bond donors (Lipinski definition) is 0. The molecule has 0 bridgehead atoms. The summed E-state index contributed by atoms with van der Waals surface area (Å²) in [5, 5.41) is 5.82. The number of pyridine rings is 1. The molecule has 0 amide bonds. The van der Waals surface area contributed by atoms with Crippen molar-refractivity contribution in [2.45, 2.75) is 18.9 Å². The van der Waals surface area contributed by atoms with Gasteiger partial charge >= 0.3 is 0 Å². The lowest BCUT2D eigenvalue weighted by Gasteiger charge is -2.20. The Hall–Kier alpha value is -1.55. The zero-order valence-electron chi connectivity index (χ0n) is 15.3. The molecule has 138 valence electrons. The van der Waals surface area contributed by atoms with Gasteiger partial charge in [0, 0.05) is 51.2 Å². The Morgan fingerprint density at radius 2 is 2.04 bits per heavy atom. The van der Waals surface area contributed by atoms with Gasteiger partial charge in [-0.15, -0.1) is 0 Å². The van der Waals surface area contributed by atoms with Crippen LogP contribution >= 0.6 is 0 Å². The molecular formula is C16H26N6O2S. The number of hydrogen-bond acceptors (Lipinski definition) is 5. The van der Waals surface area contributed by atoms with E-state index in [9.17, 15) is 8.42 Å². The average molecular weight is 366 g/mol. The third-order valence-electron chi connectivity index (χ3n) is 4.62. The molecule has 0 aliphatic carbocycles. The Morgan fingerprint density at radius 3 is 2.72 bits per heavy atom. The molecule has 0 aromatic carbocycles.